The predicted octanol–water partition coefficient (Wildman–Crippen LogP) is 5.04. The fourth-order valence-electron chi connectivity index (χ4n) is 3.26. The van der Waals surface area contributed by atoms with Crippen LogP contribution in [0.4, 0.5) is 5.69 Å². The number of hydrogen-bond acceptors (Lipinski definition) is 4. The van der Waals surface area contributed by atoms with Gasteiger partial charge in [0.05, 0.1) is 12.3 Å². The Morgan fingerprint density at radius 2 is 1.91 bits per heavy atom. The third-order valence-electron chi connectivity index (χ3n) is 4.84. The summed E-state index contributed by atoms with van der Waals surface area (Å²) in [5, 5.41) is 6.16. The molecule has 0 spiro atoms. The summed E-state index contributed by atoms with van der Waals surface area (Å²) in [5.41, 5.74) is 2.38. The van der Waals surface area contributed by atoms with Crippen LogP contribution in [0.25, 0.3) is 6.08 Å². The van der Waals surface area contributed by atoms with Crippen molar-refractivity contribution in [3.05, 3.63) is 94.2 Å². The van der Waals surface area contributed by atoms with E-state index < -0.39 is 5.91 Å². The summed E-state index contributed by atoms with van der Waals surface area (Å²) >= 11 is 6.16. The van der Waals surface area contributed by atoms with Crippen molar-refractivity contribution in [2.24, 2.45) is 0 Å². The summed E-state index contributed by atoms with van der Waals surface area (Å²) in [4.78, 5) is 25.2. The molecule has 1 aliphatic heterocycles. The zero-order valence-corrected chi connectivity index (χ0v) is 18.1. The molecule has 162 valence electrons. The second-order valence-corrected chi connectivity index (χ2v) is 7.43. The number of fused-ring (bicyclic) bond motifs is 1. The summed E-state index contributed by atoms with van der Waals surface area (Å²) < 4.78 is 11.3. The van der Waals surface area contributed by atoms with Crippen LogP contribution in [0.1, 0.15) is 28.4 Å². The van der Waals surface area contributed by atoms with Gasteiger partial charge in [0, 0.05) is 22.7 Å². The van der Waals surface area contributed by atoms with Crippen LogP contribution in [-0.4, -0.2) is 18.4 Å². The van der Waals surface area contributed by atoms with Gasteiger partial charge in [0.15, 0.2) is 11.5 Å². The minimum atomic E-state index is -0.416. The molecule has 0 atom stereocenters. The Labute approximate surface area is 190 Å². The Hall–Kier alpha value is -3.77. The van der Waals surface area contributed by atoms with E-state index in [4.69, 9.17) is 21.1 Å². The van der Waals surface area contributed by atoms with E-state index in [9.17, 15) is 9.59 Å². The molecule has 6 nitrogen and oxygen atoms in total. The number of hydrogen-bond donors (Lipinski definition) is 2. The molecule has 0 radical (unpaired) electrons. The van der Waals surface area contributed by atoms with Crippen molar-refractivity contribution in [1.82, 2.24) is 5.32 Å². The van der Waals surface area contributed by atoms with Crippen molar-refractivity contribution in [2.45, 2.75) is 13.5 Å². The van der Waals surface area contributed by atoms with Crippen molar-refractivity contribution in [3.8, 4) is 11.5 Å². The van der Waals surface area contributed by atoms with Crippen LogP contribution in [0.5, 0.6) is 11.5 Å². The Kier molecular flexibility index (Phi) is 6.42. The summed E-state index contributed by atoms with van der Waals surface area (Å²) in [6.45, 7) is 2.77. The molecule has 1 heterocycles. The molecule has 0 fully saturated rings. The fraction of sp³-hybridized carbons (Fsp3) is 0.120. The van der Waals surface area contributed by atoms with Crippen LogP contribution in [0.15, 0.2) is 72.5 Å². The monoisotopic (exact) mass is 448 g/mol. The number of rotatable bonds is 6. The molecule has 0 aliphatic carbocycles. The lowest BCUT2D eigenvalue weighted by atomic mass is 10.1. The first-order valence-electron chi connectivity index (χ1n) is 10.1. The van der Waals surface area contributed by atoms with Gasteiger partial charge in [0.1, 0.15) is 5.75 Å². The lowest BCUT2D eigenvalue weighted by molar-refractivity contribution is -0.115. The van der Waals surface area contributed by atoms with Gasteiger partial charge in [-0.15, -0.1) is 0 Å². The summed E-state index contributed by atoms with van der Waals surface area (Å²) in [7, 11) is 0. The summed E-state index contributed by atoms with van der Waals surface area (Å²) in [6, 6.07) is 19.6. The van der Waals surface area contributed by atoms with Crippen LogP contribution in [0, 0.1) is 0 Å². The molecule has 0 aromatic heterocycles. The van der Waals surface area contributed by atoms with Gasteiger partial charge in [-0.2, -0.15) is 0 Å². The lowest BCUT2D eigenvalue weighted by Gasteiger charge is -2.20. The first-order chi connectivity index (χ1) is 15.5. The maximum Gasteiger partial charge on any atom is 0.291 e. The highest BCUT2D eigenvalue weighted by Crippen LogP contribution is 2.33. The molecular formula is C25H21ClN2O4. The van der Waals surface area contributed by atoms with Gasteiger partial charge < -0.3 is 20.1 Å². The number of para-hydroxylation sites is 1. The van der Waals surface area contributed by atoms with Gasteiger partial charge in [0.2, 0.25) is 0 Å². The average molecular weight is 449 g/mol. The first kappa shape index (κ1) is 21.5. The average Bonchev–Trinajstić information content (AvgIpc) is 2.80. The maximum atomic E-state index is 12.7. The molecule has 32 heavy (non-hydrogen) atoms. The second-order valence-electron chi connectivity index (χ2n) is 7.02. The Bertz CT molecular complexity index is 1210. The summed E-state index contributed by atoms with van der Waals surface area (Å²) in [6.07, 6.45) is 1.58. The number of carbonyl (C=O) groups is 2. The maximum absolute atomic E-state index is 12.7. The van der Waals surface area contributed by atoms with E-state index in [1.807, 2.05) is 43.3 Å². The van der Waals surface area contributed by atoms with E-state index in [2.05, 4.69) is 10.6 Å². The van der Waals surface area contributed by atoms with Crippen molar-refractivity contribution < 1.29 is 19.1 Å². The molecule has 7 heteroatoms. The molecule has 2 N–H and O–H groups in total. The Morgan fingerprint density at radius 3 is 2.72 bits per heavy atom. The number of carbonyl (C=O) groups excluding carboxylic acids is 2. The molecule has 4 rings (SSSR count). The smallest absolute Gasteiger partial charge is 0.291 e. The van der Waals surface area contributed by atoms with Crippen LogP contribution < -0.4 is 20.1 Å². The van der Waals surface area contributed by atoms with Crippen LogP contribution in [-0.2, 0) is 11.3 Å². The minimum absolute atomic E-state index is 0.121. The van der Waals surface area contributed by atoms with Gasteiger partial charge in [-0.05, 0) is 48.9 Å². The molecule has 2 amide bonds. The topological polar surface area (TPSA) is 76.7 Å². The zero-order valence-electron chi connectivity index (χ0n) is 17.4. The van der Waals surface area contributed by atoms with Gasteiger partial charge in [-0.25, -0.2) is 0 Å². The zero-order chi connectivity index (χ0) is 22.5. The highest BCUT2D eigenvalue weighted by molar-refractivity contribution is 6.32. The van der Waals surface area contributed by atoms with Gasteiger partial charge in [-0.1, -0.05) is 48.0 Å². The molecule has 0 unspecified atom stereocenters. The van der Waals surface area contributed by atoms with Gasteiger partial charge in [0.25, 0.3) is 11.8 Å². The third kappa shape index (κ3) is 4.76. The van der Waals surface area contributed by atoms with Crippen molar-refractivity contribution in [3.63, 3.8) is 0 Å². The number of benzene rings is 3. The lowest BCUT2D eigenvalue weighted by Crippen LogP contribution is -2.26. The number of amides is 2. The standard InChI is InChI=1S/C25H21ClN2O4/c1-2-31-21-10-6-4-8-18(21)15-27-24(29)17-11-12-22-20(13-17)28-25(30)23(32-22)14-16-7-3-5-9-19(16)26/h3-14H,2,15H2,1H3,(H,27,29)(H,28,30). The summed E-state index contributed by atoms with van der Waals surface area (Å²) in [5.74, 6) is 0.613. The van der Waals surface area contributed by atoms with E-state index >= 15 is 0 Å². The molecular weight excluding hydrogens is 428 g/mol. The van der Waals surface area contributed by atoms with Crippen LogP contribution in [0.3, 0.4) is 0 Å². The molecule has 3 aromatic carbocycles. The highest BCUT2D eigenvalue weighted by atomic mass is 35.5. The van der Waals surface area contributed by atoms with Crippen molar-refractivity contribution in [1.29, 1.82) is 0 Å². The van der Waals surface area contributed by atoms with Gasteiger partial charge >= 0.3 is 0 Å². The third-order valence-corrected chi connectivity index (χ3v) is 5.18. The van der Waals surface area contributed by atoms with Gasteiger partial charge in [-0.3, -0.25) is 9.59 Å². The minimum Gasteiger partial charge on any atom is -0.494 e. The van der Waals surface area contributed by atoms with Crippen LogP contribution >= 0.6 is 11.6 Å². The van der Waals surface area contributed by atoms with E-state index in [-0.39, 0.29) is 11.7 Å². The highest BCUT2D eigenvalue weighted by Gasteiger charge is 2.23. The normalized spacial score (nSPS) is 13.7. The Morgan fingerprint density at radius 1 is 1.12 bits per heavy atom. The van der Waals surface area contributed by atoms with Crippen molar-refractivity contribution >= 4 is 35.2 Å². The number of halogens is 1. The number of ether oxygens (including phenoxy) is 2. The molecule has 0 saturated carbocycles. The Balaban J connectivity index is 1.48. The molecule has 0 saturated heterocycles. The molecule has 3 aromatic rings. The van der Waals surface area contributed by atoms with E-state index in [0.29, 0.717) is 40.7 Å². The number of anilines is 1. The molecule has 0 bridgehead atoms. The van der Waals surface area contributed by atoms with E-state index in [0.717, 1.165) is 11.3 Å². The van der Waals surface area contributed by atoms with E-state index in [1.54, 1.807) is 36.4 Å². The SMILES string of the molecule is CCOc1ccccc1CNC(=O)c1ccc2c(c1)NC(=O)C(=Cc1ccccc1Cl)O2. The van der Waals surface area contributed by atoms with E-state index in [1.165, 1.54) is 0 Å². The largest absolute Gasteiger partial charge is 0.494 e. The molecule has 1 aliphatic rings. The quantitative estimate of drug-likeness (QED) is 0.518. The number of nitrogens with one attached hydrogen (secondary N) is 2. The van der Waals surface area contributed by atoms with Crippen LogP contribution in [0.2, 0.25) is 5.02 Å². The first-order valence-corrected chi connectivity index (χ1v) is 10.5. The van der Waals surface area contributed by atoms with Crippen molar-refractivity contribution in [2.75, 3.05) is 11.9 Å². The fourth-order valence-corrected chi connectivity index (χ4v) is 3.45. The second kappa shape index (κ2) is 9.58. The predicted molar refractivity (Wildman–Crippen MR) is 124 cm³/mol.